The molecule has 2 aliphatic carbocycles. The molecule has 0 aromatic carbocycles. The van der Waals surface area contributed by atoms with Crippen LogP contribution in [0, 0.1) is 5.92 Å². The lowest BCUT2D eigenvalue weighted by Crippen LogP contribution is -2.44. The van der Waals surface area contributed by atoms with E-state index in [0.717, 1.165) is 45.2 Å². The first-order chi connectivity index (χ1) is 8.88. The minimum Gasteiger partial charge on any atom is -0.383 e. The van der Waals surface area contributed by atoms with Crippen LogP contribution in [0.5, 0.6) is 0 Å². The number of fused-ring (bicyclic) bond motifs is 2. The summed E-state index contributed by atoms with van der Waals surface area (Å²) in [7, 11) is 1.77. The molecular weight excluding hydrogens is 230 g/mol. The second kappa shape index (κ2) is 5.87. The molecule has 0 aromatic rings. The molecule has 0 aromatic heterocycles. The van der Waals surface area contributed by atoms with E-state index in [9.17, 15) is 0 Å². The fourth-order valence-corrected chi connectivity index (χ4v) is 3.20. The van der Waals surface area contributed by atoms with Gasteiger partial charge in [-0.2, -0.15) is 0 Å². The van der Waals surface area contributed by atoms with E-state index < -0.39 is 0 Å². The summed E-state index contributed by atoms with van der Waals surface area (Å²) in [6.45, 7) is 4.61. The Bertz CT molecular complexity index is 270. The molecule has 4 nitrogen and oxygen atoms in total. The van der Waals surface area contributed by atoms with Gasteiger partial charge in [0.2, 0.25) is 0 Å². The van der Waals surface area contributed by atoms with E-state index in [1.54, 1.807) is 7.11 Å². The van der Waals surface area contributed by atoms with Crippen LogP contribution in [0.3, 0.4) is 0 Å². The molecule has 3 atom stereocenters. The molecule has 0 radical (unpaired) electrons. The molecule has 3 fully saturated rings. The van der Waals surface area contributed by atoms with E-state index in [1.165, 1.54) is 19.3 Å². The Kier molecular flexibility index (Phi) is 4.19. The Balaban J connectivity index is 1.59. The number of ether oxygens (including phenoxy) is 3. The zero-order chi connectivity index (χ0) is 12.4. The minimum atomic E-state index is 0.296. The van der Waals surface area contributed by atoms with Gasteiger partial charge < -0.3 is 14.2 Å². The first kappa shape index (κ1) is 12.9. The average Bonchev–Trinajstić information content (AvgIpc) is 3.11. The topological polar surface area (TPSA) is 30.9 Å². The van der Waals surface area contributed by atoms with E-state index in [4.69, 9.17) is 14.2 Å². The lowest BCUT2D eigenvalue weighted by atomic mass is 10.1. The lowest BCUT2D eigenvalue weighted by Gasteiger charge is -2.30. The van der Waals surface area contributed by atoms with Crippen molar-refractivity contribution in [1.29, 1.82) is 0 Å². The van der Waals surface area contributed by atoms with Crippen LogP contribution in [0.25, 0.3) is 0 Å². The van der Waals surface area contributed by atoms with Gasteiger partial charge in [-0.25, -0.2) is 0 Å². The van der Waals surface area contributed by atoms with Crippen molar-refractivity contribution in [3.63, 3.8) is 0 Å². The maximum Gasteiger partial charge on any atom is 0.0991 e. The summed E-state index contributed by atoms with van der Waals surface area (Å²) in [5, 5.41) is 0. The van der Waals surface area contributed by atoms with E-state index in [0.29, 0.717) is 18.2 Å². The quantitative estimate of drug-likeness (QED) is 0.715. The highest BCUT2D eigenvalue weighted by molar-refractivity contribution is 4.95. The average molecular weight is 255 g/mol. The maximum absolute atomic E-state index is 6.18. The number of methoxy groups -OCH3 is 1. The molecule has 0 amide bonds. The van der Waals surface area contributed by atoms with Crippen molar-refractivity contribution in [1.82, 2.24) is 4.90 Å². The van der Waals surface area contributed by atoms with Crippen molar-refractivity contribution in [3.05, 3.63) is 0 Å². The molecule has 0 N–H and O–H groups in total. The van der Waals surface area contributed by atoms with Gasteiger partial charge >= 0.3 is 0 Å². The molecule has 3 unspecified atom stereocenters. The van der Waals surface area contributed by atoms with Crippen molar-refractivity contribution in [2.24, 2.45) is 5.92 Å². The summed E-state index contributed by atoms with van der Waals surface area (Å²) in [6, 6.07) is 0.548. The number of rotatable bonds is 6. The zero-order valence-corrected chi connectivity index (χ0v) is 11.3. The second-order valence-electron chi connectivity index (χ2n) is 5.82. The first-order valence-electron chi connectivity index (χ1n) is 7.34. The summed E-state index contributed by atoms with van der Waals surface area (Å²) in [5.41, 5.74) is 0. The van der Waals surface area contributed by atoms with Gasteiger partial charge in [0.1, 0.15) is 0 Å². The highest BCUT2D eigenvalue weighted by atomic mass is 16.5. The summed E-state index contributed by atoms with van der Waals surface area (Å²) in [5.74, 6) is 0.833. The molecule has 3 rings (SSSR count). The van der Waals surface area contributed by atoms with Crippen LogP contribution < -0.4 is 0 Å². The van der Waals surface area contributed by atoms with Gasteiger partial charge in [-0.15, -0.1) is 0 Å². The minimum absolute atomic E-state index is 0.296. The molecule has 104 valence electrons. The van der Waals surface area contributed by atoms with E-state index in [1.807, 2.05) is 0 Å². The van der Waals surface area contributed by atoms with Crippen molar-refractivity contribution in [2.45, 2.75) is 43.9 Å². The fraction of sp³-hybridized carbons (Fsp3) is 1.00. The normalized spacial score (nSPS) is 36.8. The van der Waals surface area contributed by atoms with E-state index in [2.05, 4.69) is 4.90 Å². The predicted molar refractivity (Wildman–Crippen MR) is 68.7 cm³/mol. The first-order valence-corrected chi connectivity index (χ1v) is 7.34. The van der Waals surface area contributed by atoms with Crippen LogP contribution in [0.1, 0.15) is 25.7 Å². The zero-order valence-electron chi connectivity index (χ0n) is 11.3. The number of hydrogen-bond donors (Lipinski definition) is 0. The molecule has 2 saturated carbocycles. The number of nitrogens with zero attached hydrogens (tertiary/aromatic N) is 1. The van der Waals surface area contributed by atoms with Gasteiger partial charge in [-0.05, 0) is 31.6 Å². The van der Waals surface area contributed by atoms with Crippen LogP contribution in [0.2, 0.25) is 0 Å². The monoisotopic (exact) mass is 255 g/mol. The molecule has 1 saturated heterocycles. The molecular formula is C14H25NO3. The van der Waals surface area contributed by atoms with Gasteiger partial charge in [0.15, 0.2) is 0 Å². The molecule has 1 aliphatic heterocycles. The van der Waals surface area contributed by atoms with Crippen LogP contribution in [-0.2, 0) is 14.2 Å². The third-order valence-electron chi connectivity index (χ3n) is 4.48. The van der Waals surface area contributed by atoms with Crippen molar-refractivity contribution in [3.8, 4) is 0 Å². The Hall–Kier alpha value is -0.160. The van der Waals surface area contributed by atoms with Crippen LogP contribution >= 0.6 is 0 Å². The Morgan fingerprint density at radius 3 is 2.89 bits per heavy atom. The number of hydrogen-bond acceptors (Lipinski definition) is 4. The Labute approximate surface area is 110 Å². The van der Waals surface area contributed by atoms with Gasteiger partial charge in [0.25, 0.3) is 0 Å². The molecule has 4 heteroatoms. The Morgan fingerprint density at radius 2 is 2.11 bits per heavy atom. The van der Waals surface area contributed by atoms with Crippen molar-refractivity contribution >= 4 is 0 Å². The summed E-state index contributed by atoms with van der Waals surface area (Å²) in [6.07, 6.45) is 5.71. The molecule has 3 aliphatic rings. The van der Waals surface area contributed by atoms with Gasteiger partial charge in [-0.1, -0.05) is 0 Å². The summed E-state index contributed by atoms with van der Waals surface area (Å²) >= 11 is 0. The van der Waals surface area contributed by atoms with Gasteiger partial charge in [0.05, 0.1) is 25.4 Å². The Morgan fingerprint density at radius 1 is 1.22 bits per heavy atom. The van der Waals surface area contributed by atoms with Crippen LogP contribution in [0.15, 0.2) is 0 Å². The van der Waals surface area contributed by atoms with Crippen molar-refractivity contribution in [2.75, 3.05) is 40.0 Å². The molecule has 2 bridgehead atoms. The van der Waals surface area contributed by atoms with Crippen LogP contribution in [0.4, 0.5) is 0 Å². The maximum atomic E-state index is 6.18. The SMILES string of the molecule is COCCN1CCOC2CCC1C2OCC1CC1. The van der Waals surface area contributed by atoms with Crippen LogP contribution in [-0.4, -0.2) is 63.2 Å². The third kappa shape index (κ3) is 2.87. The molecule has 1 heterocycles. The predicted octanol–water partition coefficient (Wildman–Crippen LogP) is 1.29. The van der Waals surface area contributed by atoms with Gasteiger partial charge in [-0.3, -0.25) is 4.90 Å². The van der Waals surface area contributed by atoms with E-state index >= 15 is 0 Å². The summed E-state index contributed by atoms with van der Waals surface area (Å²) in [4.78, 5) is 2.51. The standard InChI is InChI=1S/C14H25NO3/c1-16-8-6-15-7-9-17-13-5-4-12(15)14(13)18-10-11-2-3-11/h11-14H,2-10H2,1H3. The van der Waals surface area contributed by atoms with Crippen molar-refractivity contribution < 1.29 is 14.2 Å². The fourth-order valence-electron chi connectivity index (χ4n) is 3.20. The highest BCUT2D eigenvalue weighted by Crippen LogP contribution is 2.35. The second-order valence-corrected chi connectivity index (χ2v) is 5.82. The smallest absolute Gasteiger partial charge is 0.0991 e. The largest absolute Gasteiger partial charge is 0.383 e. The summed E-state index contributed by atoms with van der Waals surface area (Å²) < 4.78 is 17.4. The molecule has 0 spiro atoms. The van der Waals surface area contributed by atoms with E-state index in [-0.39, 0.29) is 0 Å². The molecule has 18 heavy (non-hydrogen) atoms. The highest BCUT2D eigenvalue weighted by Gasteiger charge is 2.43. The van der Waals surface area contributed by atoms with Gasteiger partial charge in [0, 0.05) is 32.8 Å². The lowest BCUT2D eigenvalue weighted by molar-refractivity contribution is -0.0574. The third-order valence-corrected chi connectivity index (χ3v) is 4.48.